The first-order valence-electron chi connectivity index (χ1n) is 5.64. The standard InChI is InChI=1S/C11H23NO2/c1-10(7-13)8-14-9-11(12)5-3-2-4-6-11/h10,13H,2-9,12H2,1H3. The molecule has 0 bridgehead atoms. The van der Waals surface area contributed by atoms with Gasteiger partial charge < -0.3 is 15.6 Å². The van der Waals surface area contributed by atoms with Crippen LogP contribution in [0.25, 0.3) is 0 Å². The van der Waals surface area contributed by atoms with Gasteiger partial charge >= 0.3 is 0 Å². The number of hydrogen-bond donors (Lipinski definition) is 2. The first kappa shape index (κ1) is 12.0. The zero-order chi connectivity index (χ0) is 10.4. The number of rotatable bonds is 5. The lowest BCUT2D eigenvalue weighted by Gasteiger charge is -2.33. The van der Waals surface area contributed by atoms with Crippen molar-refractivity contribution in [3.05, 3.63) is 0 Å². The van der Waals surface area contributed by atoms with Crippen LogP contribution in [0.3, 0.4) is 0 Å². The Morgan fingerprint density at radius 2 is 2.00 bits per heavy atom. The average molecular weight is 201 g/mol. The Balaban J connectivity index is 2.15. The van der Waals surface area contributed by atoms with E-state index in [2.05, 4.69) is 0 Å². The van der Waals surface area contributed by atoms with E-state index in [1.165, 1.54) is 19.3 Å². The SMILES string of the molecule is CC(CO)COCC1(N)CCCCC1. The lowest BCUT2D eigenvalue weighted by molar-refractivity contribution is 0.0366. The van der Waals surface area contributed by atoms with Crippen molar-refractivity contribution < 1.29 is 9.84 Å². The van der Waals surface area contributed by atoms with Crippen molar-refractivity contribution in [2.45, 2.75) is 44.6 Å². The van der Waals surface area contributed by atoms with Gasteiger partial charge in [0.05, 0.1) is 13.2 Å². The highest BCUT2D eigenvalue weighted by molar-refractivity contribution is 4.86. The third kappa shape index (κ3) is 3.95. The molecule has 0 spiro atoms. The van der Waals surface area contributed by atoms with Crippen LogP contribution in [-0.4, -0.2) is 30.5 Å². The lowest BCUT2D eigenvalue weighted by Crippen LogP contribution is -2.46. The molecule has 1 aliphatic rings. The molecule has 0 radical (unpaired) electrons. The molecule has 3 nitrogen and oxygen atoms in total. The second-order valence-corrected chi connectivity index (χ2v) is 4.73. The van der Waals surface area contributed by atoms with Crippen LogP contribution in [0.2, 0.25) is 0 Å². The normalized spacial score (nSPS) is 23.4. The van der Waals surface area contributed by atoms with E-state index in [9.17, 15) is 0 Å². The van der Waals surface area contributed by atoms with Crippen LogP contribution in [-0.2, 0) is 4.74 Å². The van der Waals surface area contributed by atoms with Crippen LogP contribution in [0, 0.1) is 5.92 Å². The quantitative estimate of drug-likeness (QED) is 0.705. The van der Waals surface area contributed by atoms with Crippen molar-refractivity contribution in [2.24, 2.45) is 11.7 Å². The van der Waals surface area contributed by atoms with Crippen molar-refractivity contribution in [3.8, 4) is 0 Å². The number of aliphatic hydroxyl groups is 1. The smallest absolute Gasteiger partial charge is 0.0646 e. The molecule has 1 unspecified atom stereocenters. The molecule has 0 aromatic rings. The van der Waals surface area contributed by atoms with E-state index >= 15 is 0 Å². The zero-order valence-corrected chi connectivity index (χ0v) is 9.17. The van der Waals surface area contributed by atoms with E-state index in [1.807, 2.05) is 6.92 Å². The van der Waals surface area contributed by atoms with E-state index in [4.69, 9.17) is 15.6 Å². The molecule has 1 aliphatic carbocycles. The number of ether oxygens (including phenoxy) is 1. The third-order valence-corrected chi connectivity index (χ3v) is 2.95. The average Bonchev–Trinajstić information content (AvgIpc) is 2.18. The summed E-state index contributed by atoms with van der Waals surface area (Å²) >= 11 is 0. The molecule has 3 heteroatoms. The molecule has 14 heavy (non-hydrogen) atoms. The molecule has 1 saturated carbocycles. The highest BCUT2D eigenvalue weighted by Crippen LogP contribution is 2.26. The Morgan fingerprint density at radius 1 is 1.36 bits per heavy atom. The Kier molecular flexibility index (Phi) is 4.85. The highest BCUT2D eigenvalue weighted by atomic mass is 16.5. The summed E-state index contributed by atoms with van der Waals surface area (Å²) in [7, 11) is 0. The van der Waals surface area contributed by atoms with Crippen LogP contribution in [0.4, 0.5) is 0 Å². The number of nitrogens with two attached hydrogens (primary N) is 1. The van der Waals surface area contributed by atoms with Crippen LogP contribution >= 0.6 is 0 Å². The summed E-state index contributed by atoms with van der Waals surface area (Å²) in [5, 5.41) is 8.82. The molecule has 1 atom stereocenters. The zero-order valence-electron chi connectivity index (χ0n) is 9.17. The molecule has 0 aromatic carbocycles. The van der Waals surface area contributed by atoms with Gasteiger partial charge in [-0.2, -0.15) is 0 Å². The fraction of sp³-hybridized carbons (Fsp3) is 1.00. The Hall–Kier alpha value is -0.120. The van der Waals surface area contributed by atoms with Gasteiger partial charge in [0.2, 0.25) is 0 Å². The fourth-order valence-corrected chi connectivity index (χ4v) is 1.92. The largest absolute Gasteiger partial charge is 0.396 e. The summed E-state index contributed by atoms with van der Waals surface area (Å²) < 4.78 is 5.54. The fourth-order valence-electron chi connectivity index (χ4n) is 1.92. The molecule has 0 saturated heterocycles. The summed E-state index contributed by atoms with van der Waals surface area (Å²) in [5.74, 6) is 0.224. The second kappa shape index (κ2) is 5.69. The summed E-state index contributed by atoms with van der Waals surface area (Å²) in [6, 6.07) is 0. The van der Waals surface area contributed by atoms with Crippen LogP contribution in [0.5, 0.6) is 0 Å². The summed E-state index contributed by atoms with van der Waals surface area (Å²) in [4.78, 5) is 0. The van der Waals surface area contributed by atoms with Gasteiger partial charge in [0, 0.05) is 18.1 Å². The van der Waals surface area contributed by atoms with Gasteiger partial charge in [-0.1, -0.05) is 26.2 Å². The molecule has 0 amide bonds. The Bertz CT molecular complexity index is 155. The van der Waals surface area contributed by atoms with Crippen molar-refractivity contribution >= 4 is 0 Å². The second-order valence-electron chi connectivity index (χ2n) is 4.73. The molecule has 3 N–H and O–H groups in total. The third-order valence-electron chi connectivity index (χ3n) is 2.95. The van der Waals surface area contributed by atoms with Gasteiger partial charge in [-0.25, -0.2) is 0 Å². The summed E-state index contributed by atoms with van der Waals surface area (Å²) in [6.07, 6.45) is 5.94. The molecule has 0 aromatic heterocycles. The number of aliphatic hydroxyl groups excluding tert-OH is 1. The van der Waals surface area contributed by atoms with Gasteiger partial charge in [0.1, 0.15) is 0 Å². The molecule has 0 heterocycles. The topological polar surface area (TPSA) is 55.5 Å². The van der Waals surface area contributed by atoms with Crippen LogP contribution < -0.4 is 5.73 Å². The lowest BCUT2D eigenvalue weighted by atomic mass is 9.83. The highest BCUT2D eigenvalue weighted by Gasteiger charge is 2.27. The van der Waals surface area contributed by atoms with Crippen LogP contribution in [0.1, 0.15) is 39.0 Å². The maximum absolute atomic E-state index is 8.82. The molecule has 1 fully saturated rings. The predicted octanol–water partition coefficient (Wildman–Crippen LogP) is 1.29. The monoisotopic (exact) mass is 201 g/mol. The summed E-state index contributed by atoms with van der Waals surface area (Å²) in [6.45, 7) is 3.44. The molecular weight excluding hydrogens is 178 g/mol. The van der Waals surface area contributed by atoms with E-state index in [0.29, 0.717) is 13.2 Å². The Labute approximate surface area is 86.6 Å². The van der Waals surface area contributed by atoms with Gasteiger partial charge in [-0.3, -0.25) is 0 Å². The maximum Gasteiger partial charge on any atom is 0.0646 e. The number of hydrogen-bond acceptors (Lipinski definition) is 3. The van der Waals surface area contributed by atoms with E-state index in [-0.39, 0.29) is 18.1 Å². The molecule has 1 rings (SSSR count). The van der Waals surface area contributed by atoms with E-state index in [0.717, 1.165) is 12.8 Å². The molecule has 0 aliphatic heterocycles. The first-order valence-corrected chi connectivity index (χ1v) is 5.64. The minimum Gasteiger partial charge on any atom is -0.396 e. The molecular formula is C11H23NO2. The maximum atomic E-state index is 8.82. The Morgan fingerprint density at radius 3 is 2.57 bits per heavy atom. The van der Waals surface area contributed by atoms with Crippen molar-refractivity contribution in [2.75, 3.05) is 19.8 Å². The van der Waals surface area contributed by atoms with Crippen molar-refractivity contribution in [3.63, 3.8) is 0 Å². The van der Waals surface area contributed by atoms with E-state index < -0.39 is 0 Å². The van der Waals surface area contributed by atoms with Crippen molar-refractivity contribution in [1.29, 1.82) is 0 Å². The predicted molar refractivity (Wildman–Crippen MR) is 57.1 cm³/mol. The van der Waals surface area contributed by atoms with Gasteiger partial charge in [-0.05, 0) is 12.8 Å². The van der Waals surface area contributed by atoms with E-state index in [1.54, 1.807) is 0 Å². The molecule has 84 valence electrons. The minimum atomic E-state index is -0.0899. The first-order chi connectivity index (χ1) is 6.66. The van der Waals surface area contributed by atoms with Gasteiger partial charge in [-0.15, -0.1) is 0 Å². The van der Waals surface area contributed by atoms with Gasteiger partial charge in [0.15, 0.2) is 0 Å². The van der Waals surface area contributed by atoms with Crippen molar-refractivity contribution in [1.82, 2.24) is 0 Å². The summed E-state index contributed by atoms with van der Waals surface area (Å²) in [5.41, 5.74) is 6.11. The van der Waals surface area contributed by atoms with Crippen LogP contribution in [0.15, 0.2) is 0 Å². The minimum absolute atomic E-state index is 0.0899. The van der Waals surface area contributed by atoms with Gasteiger partial charge in [0.25, 0.3) is 0 Å².